The lowest BCUT2D eigenvalue weighted by atomic mass is 9.78. The standard InChI is InChI=1S/C16H27NO4/c1-5-20-14(18)11-9-12-7-6-8-13(10-11)17(12)15(19)21-16(2,3)4/h11-13H,5-10H2,1-4H3. The topological polar surface area (TPSA) is 55.8 Å². The monoisotopic (exact) mass is 297 g/mol. The van der Waals surface area contributed by atoms with Crippen molar-refractivity contribution in [1.82, 2.24) is 4.90 Å². The van der Waals surface area contributed by atoms with Crippen LogP contribution >= 0.6 is 0 Å². The van der Waals surface area contributed by atoms with E-state index in [0.717, 1.165) is 19.3 Å². The Morgan fingerprint density at radius 1 is 1.14 bits per heavy atom. The molecule has 120 valence electrons. The maximum absolute atomic E-state index is 12.4. The molecule has 0 N–H and O–H groups in total. The second-order valence-electron chi connectivity index (χ2n) is 7.05. The van der Waals surface area contributed by atoms with Crippen LogP contribution in [0.4, 0.5) is 4.79 Å². The zero-order valence-electron chi connectivity index (χ0n) is 13.6. The number of amides is 1. The summed E-state index contributed by atoms with van der Waals surface area (Å²) in [5, 5.41) is 0. The van der Waals surface area contributed by atoms with Gasteiger partial charge in [0.05, 0.1) is 12.5 Å². The second-order valence-corrected chi connectivity index (χ2v) is 7.05. The molecule has 21 heavy (non-hydrogen) atoms. The van der Waals surface area contributed by atoms with E-state index >= 15 is 0 Å². The molecule has 5 nitrogen and oxygen atoms in total. The molecule has 5 heteroatoms. The van der Waals surface area contributed by atoms with Crippen LogP contribution in [-0.4, -0.2) is 41.3 Å². The van der Waals surface area contributed by atoms with E-state index in [1.807, 2.05) is 32.6 Å². The minimum Gasteiger partial charge on any atom is -0.466 e. The number of rotatable bonds is 2. The largest absolute Gasteiger partial charge is 0.466 e. The van der Waals surface area contributed by atoms with Gasteiger partial charge in [-0.2, -0.15) is 0 Å². The molecular weight excluding hydrogens is 270 g/mol. The van der Waals surface area contributed by atoms with Crippen LogP contribution in [-0.2, 0) is 14.3 Å². The molecule has 2 aliphatic rings. The van der Waals surface area contributed by atoms with Gasteiger partial charge in [0.1, 0.15) is 5.60 Å². The van der Waals surface area contributed by atoms with Crippen LogP contribution in [0.1, 0.15) is 59.8 Å². The predicted octanol–water partition coefficient (Wildman–Crippen LogP) is 3.12. The fourth-order valence-corrected chi connectivity index (χ4v) is 3.45. The summed E-state index contributed by atoms with van der Waals surface area (Å²) in [7, 11) is 0. The highest BCUT2D eigenvalue weighted by atomic mass is 16.6. The summed E-state index contributed by atoms with van der Waals surface area (Å²) in [6.07, 6.45) is 4.18. The third kappa shape index (κ3) is 3.89. The van der Waals surface area contributed by atoms with E-state index in [1.165, 1.54) is 0 Å². The van der Waals surface area contributed by atoms with Gasteiger partial charge in [0.15, 0.2) is 0 Å². The lowest BCUT2D eigenvalue weighted by Crippen LogP contribution is -2.56. The van der Waals surface area contributed by atoms with Crippen molar-refractivity contribution in [2.24, 2.45) is 5.92 Å². The van der Waals surface area contributed by atoms with Crippen LogP contribution in [0.15, 0.2) is 0 Å². The van der Waals surface area contributed by atoms with Crippen LogP contribution in [0.2, 0.25) is 0 Å². The van der Waals surface area contributed by atoms with Gasteiger partial charge >= 0.3 is 12.1 Å². The molecule has 0 aromatic carbocycles. The molecule has 0 aliphatic carbocycles. The first-order valence-corrected chi connectivity index (χ1v) is 7.99. The highest BCUT2D eigenvalue weighted by Gasteiger charge is 2.44. The van der Waals surface area contributed by atoms with Crippen molar-refractivity contribution in [3.63, 3.8) is 0 Å². The number of nitrogens with zero attached hydrogens (tertiary/aromatic N) is 1. The second kappa shape index (κ2) is 6.24. The fourth-order valence-electron chi connectivity index (χ4n) is 3.45. The Kier molecular flexibility index (Phi) is 4.79. The van der Waals surface area contributed by atoms with Crippen molar-refractivity contribution < 1.29 is 19.1 Å². The Balaban J connectivity index is 2.06. The summed E-state index contributed by atoms with van der Waals surface area (Å²) in [6, 6.07) is 0.225. The molecule has 2 atom stereocenters. The van der Waals surface area contributed by atoms with Gasteiger partial charge in [-0.15, -0.1) is 0 Å². The molecule has 0 aromatic heterocycles. The van der Waals surface area contributed by atoms with Crippen LogP contribution < -0.4 is 0 Å². The lowest BCUT2D eigenvalue weighted by Gasteiger charge is -2.48. The van der Waals surface area contributed by atoms with Crippen molar-refractivity contribution in [2.45, 2.75) is 77.5 Å². The maximum Gasteiger partial charge on any atom is 0.410 e. The van der Waals surface area contributed by atoms with Crippen LogP contribution in [0.3, 0.4) is 0 Å². The van der Waals surface area contributed by atoms with E-state index in [1.54, 1.807) is 0 Å². The molecule has 2 saturated heterocycles. The number of esters is 1. The average molecular weight is 297 g/mol. The first-order valence-electron chi connectivity index (χ1n) is 7.99. The number of piperidine rings is 2. The zero-order valence-corrected chi connectivity index (χ0v) is 13.6. The summed E-state index contributed by atoms with van der Waals surface area (Å²) in [5.74, 6) is -0.183. The quantitative estimate of drug-likeness (QED) is 0.735. The molecule has 2 fully saturated rings. The summed E-state index contributed by atoms with van der Waals surface area (Å²) in [5.41, 5.74) is -0.483. The van der Waals surface area contributed by atoms with E-state index in [4.69, 9.17) is 9.47 Å². The molecule has 2 unspecified atom stereocenters. The Labute approximate surface area is 127 Å². The van der Waals surface area contributed by atoms with Gasteiger partial charge in [0.2, 0.25) is 0 Å². The van der Waals surface area contributed by atoms with E-state index in [-0.39, 0.29) is 30.1 Å². The fraction of sp³-hybridized carbons (Fsp3) is 0.875. The Bertz CT molecular complexity index is 388. The molecule has 0 spiro atoms. The number of carbonyl (C=O) groups is 2. The van der Waals surface area contributed by atoms with Crippen molar-refractivity contribution in [1.29, 1.82) is 0 Å². The van der Waals surface area contributed by atoms with Gasteiger partial charge in [0, 0.05) is 12.1 Å². The van der Waals surface area contributed by atoms with Crippen molar-refractivity contribution in [3.8, 4) is 0 Å². The first kappa shape index (κ1) is 16.1. The Morgan fingerprint density at radius 3 is 2.19 bits per heavy atom. The lowest BCUT2D eigenvalue weighted by molar-refractivity contribution is -0.152. The Hall–Kier alpha value is -1.26. The van der Waals surface area contributed by atoms with Crippen LogP contribution in [0.25, 0.3) is 0 Å². The number of fused-ring (bicyclic) bond motifs is 2. The average Bonchev–Trinajstić information content (AvgIpc) is 2.35. The Morgan fingerprint density at radius 2 is 1.71 bits per heavy atom. The van der Waals surface area contributed by atoms with Gasteiger partial charge in [-0.3, -0.25) is 4.79 Å². The third-order valence-corrected chi connectivity index (χ3v) is 4.20. The number of ether oxygens (including phenoxy) is 2. The van der Waals surface area contributed by atoms with Gasteiger partial charge in [-0.05, 0) is 59.8 Å². The van der Waals surface area contributed by atoms with Crippen molar-refractivity contribution in [3.05, 3.63) is 0 Å². The van der Waals surface area contributed by atoms with E-state index < -0.39 is 5.60 Å². The highest BCUT2D eigenvalue weighted by molar-refractivity contribution is 5.74. The molecule has 2 rings (SSSR count). The molecule has 2 heterocycles. The van der Waals surface area contributed by atoms with Crippen LogP contribution in [0, 0.1) is 5.92 Å². The number of hydrogen-bond acceptors (Lipinski definition) is 4. The van der Waals surface area contributed by atoms with E-state index in [2.05, 4.69) is 0 Å². The van der Waals surface area contributed by atoms with Crippen molar-refractivity contribution in [2.75, 3.05) is 6.61 Å². The molecule has 2 aliphatic heterocycles. The number of carbonyl (C=O) groups excluding carboxylic acids is 2. The molecule has 0 radical (unpaired) electrons. The van der Waals surface area contributed by atoms with Gasteiger partial charge in [0.25, 0.3) is 0 Å². The SMILES string of the molecule is CCOC(=O)C1CC2CCCC(C1)N2C(=O)OC(C)(C)C. The minimum atomic E-state index is -0.483. The molecule has 0 aromatic rings. The maximum atomic E-state index is 12.4. The molecule has 1 amide bonds. The summed E-state index contributed by atoms with van der Waals surface area (Å²) in [4.78, 5) is 26.3. The summed E-state index contributed by atoms with van der Waals surface area (Å²) < 4.78 is 10.7. The smallest absolute Gasteiger partial charge is 0.410 e. The molecule has 2 bridgehead atoms. The normalized spacial score (nSPS) is 29.0. The molecule has 0 saturated carbocycles. The summed E-state index contributed by atoms with van der Waals surface area (Å²) in [6.45, 7) is 7.89. The zero-order chi connectivity index (χ0) is 15.6. The summed E-state index contributed by atoms with van der Waals surface area (Å²) >= 11 is 0. The van der Waals surface area contributed by atoms with Gasteiger partial charge < -0.3 is 14.4 Å². The third-order valence-electron chi connectivity index (χ3n) is 4.20. The highest BCUT2D eigenvalue weighted by Crippen LogP contribution is 2.38. The minimum absolute atomic E-state index is 0.0704. The molecular formula is C16H27NO4. The van der Waals surface area contributed by atoms with Crippen molar-refractivity contribution >= 4 is 12.1 Å². The first-order chi connectivity index (χ1) is 9.81. The van der Waals surface area contributed by atoms with Gasteiger partial charge in [-0.1, -0.05) is 0 Å². The van der Waals surface area contributed by atoms with E-state index in [9.17, 15) is 9.59 Å². The predicted molar refractivity (Wildman–Crippen MR) is 78.9 cm³/mol. The number of hydrogen-bond donors (Lipinski definition) is 0. The van der Waals surface area contributed by atoms with Crippen LogP contribution in [0.5, 0.6) is 0 Å². The van der Waals surface area contributed by atoms with E-state index in [0.29, 0.717) is 19.4 Å². The van der Waals surface area contributed by atoms with Gasteiger partial charge in [-0.25, -0.2) is 4.79 Å².